The first kappa shape index (κ1) is 29.4. The van der Waals surface area contributed by atoms with E-state index in [1.807, 2.05) is 6.92 Å². The van der Waals surface area contributed by atoms with Crippen LogP contribution in [0.25, 0.3) is 0 Å². The molecule has 3 rings (SSSR count). The highest BCUT2D eigenvalue weighted by molar-refractivity contribution is 6.33. The van der Waals surface area contributed by atoms with Crippen molar-refractivity contribution in [1.82, 2.24) is 15.5 Å². The molecule has 0 aromatic heterocycles. The number of nitrogens with one attached hydrogen (secondary N) is 2. The van der Waals surface area contributed by atoms with Crippen LogP contribution in [-0.2, 0) is 14.3 Å². The van der Waals surface area contributed by atoms with Crippen molar-refractivity contribution in [2.24, 2.45) is 5.92 Å². The first-order chi connectivity index (χ1) is 17.2. The number of anilines is 1. The highest BCUT2D eigenvalue weighted by Crippen LogP contribution is 2.29. The summed E-state index contributed by atoms with van der Waals surface area (Å²) < 4.78 is 11.4. The fourth-order valence-electron chi connectivity index (χ4n) is 3.96. The highest BCUT2D eigenvalue weighted by atomic mass is 35.5. The Morgan fingerprint density at radius 2 is 1.92 bits per heavy atom. The van der Waals surface area contributed by atoms with E-state index >= 15 is 0 Å². The number of carboxylic acids is 2. The summed E-state index contributed by atoms with van der Waals surface area (Å²) in [5.74, 6) is -1.55. The van der Waals surface area contributed by atoms with Crippen LogP contribution in [0.5, 0.6) is 5.75 Å². The van der Waals surface area contributed by atoms with Crippen LogP contribution in [0.1, 0.15) is 30.1 Å². The number of carboxylic acid groups (broad SMARTS) is 2. The fraction of sp³-hybridized carbons (Fsp3) is 0.542. The lowest BCUT2D eigenvalue weighted by Crippen LogP contribution is -2.49. The Morgan fingerprint density at radius 3 is 2.53 bits per heavy atom. The van der Waals surface area contributed by atoms with Crippen molar-refractivity contribution in [3.05, 3.63) is 34.9 Å². The van der Waals surface area contributed by atoms with Crippen molar-refractivity contribution in [1.29, 1.82) is 0 Å². The summed E-state index contributed by atoms with van der Waals surface area (Å²) in [6.45, 7) is 8.58. The number of aliphatic carboxylic acids is 2. The Morgan fingerprint density at radius 1 is 1.25 bits per heavy atom. The molecule has 0 aliphatic carbocycles. The molecule has 200 valence electrons. The molecule has 6 N–H and O–H groups in total. The van der Waals surface area contributed by atoms with E-state index in [1.54, 1.807) is 12.1 Å². The first-order valence-electron chi connectivity index (χ1n) is 11.9. The molecule has 1 aromatic carbocycles. The van der Waals surface area contributed by atoms with Gasteiger partial charge in [-0.25, -0.2) is 9.59 Å². The average molecular weight is 527 g/mol. The van der Waals surface area contributed by atoms with Gasteiger partial charge in [-0.2, -0.15) is 0 Å². The standard InChI is InChI=1S/C20H31ClN4O3.C4H4O4/c1-2-27-19-10-18(22)17(21)9-16(19)20(26)24-11-15-13-25(7-8-28-15)12-14-3-5-23-6-4-14;5-3(6)1-2-4(7)8/h9-10,14-15,23H,2-8,11-13,22H2,1H3,(H,24,26);1-2H,(H,5,6)(H,7,8)/b;2-1+. The van der Waals surface area contributed by atoms with E-state index in [0.717, 1.165) is 38.6 Å². The minimum atomic E-state index is -1.26. The second kappa shape index (κ2) is 15.3. The fourth-order valence-corrected chi connectivity index (χ4v) is 4.13. The minimum absolute atomic E-state index is 0.0146. The first-order valence-corrected chi connectivity index (χ1v) is 12.3. The molecule has 2 aliphatic heterocycles. The van der Waals surface area contributed by atoms with Crippen molar-refractivity contribution in [2.75, 3.05) is 58.2 Å². The predicted octanol–water partition coefficient (Wildman–Crippen LogP) is 1.46. The number of carbonyl (C=O) groups excluding carboxylic acids is 1. The number of piperidine rings is 1. The number of rotatable bonds is 9. The van der Waals surface area contributed by atoms with Crippen LogP contribution < -0.4 is 21.1 Å². The summed E-state index contributed by atoms with van der Waals surface area (Å²) in [5.41, 5.74) is 6.62. The Labute approximate surface area is 215 Å². The van der Waals surface area contributed by atoms with E-state index in [4.69, 9.17) is 37.0 Å². The molecule has 2 aliphatic rings. The van der Waals surface area contributed by atoms with E-state index in [9.17, 15) is 14.4 Å². The second-order valence-corrected chi connectivity index (χ2v) is 8.88. The van der Waals surface area contributed by atoms with E-state index in [1.165, 1.54) is 12.8 Å². The largest absolute Gasteiger partial charge is 0.493 e. The molecule has 1 aromatic rings. The number of nitrogen functional groups attached to an aromatic ring is 1. The molecule has 11 nitrogen and oxygen atoms in total. The third kappa shape index (κ3) is 10.4. The number of carbonyl (C=O) groups is 3. The van der Waals surface area contributed by atoms with Gasteiger partial charge in [0.15, 0.2) is 0 Å². The van der Waals surface area contributed by atoms with Gasteiger partial charge in [0.2, 0.25) is 0 Å². The number of nitrogens with zero attached hydrogens (tertiary/aromatic N) is 1. The van der Waals surface area contributed by atoms with Gasteiger partial charge in [0, 0.05) is 44.4 Å². The van der Waals surface area contributed by atoms with E-state index in [0.29, 0.717) is 53.9 Å². The Balaban J connectivity index is 0.000000493. The predicted molar refractivity (Wildman–Crippen MR) is 136 cm³/mol. The van der Waals surface area contributed by atoms with Gasteiger partial charge in [-0.3, -0.25) is 9.69 Å². The highest BCUT2D eigenvalue weighted by Gasteiger charge is 2.25. The van der Waals surface area contributed by atoms with E-state index < -0.39 is 11.9 Å². The molecule has 1 unspecified atom stereocenters. The maximum absolute atomic E-state index is 12.7. The van der Waals surface area contributed by atoms with Crippen molar-refractivity contribution >= 4 is 35.1 Å². The van der Waals surface area contributed by atoms with Crippen molar-refractivity contribution in [3.8, 4) is 5.75 Å². The molecule has 2 fully saturated rings. The molecule has 36 heavy (non-hydrogen) atoms. The number of hydrogen-bond acceptors (Lipinski definition) is 8. The number of amides is 1. The molecule has 0 bridgehead atoms. The third-order valence-electron chi connectivity index (χ3n) is 5.70. The molecule has 1 amide bonds. The van der Waals surface area contributed by atoms with Gasteiger partial charge in [-0.05, 0) is 44.8 Å². The molecule has 0 spiro atoms. The van der Waals surface area contributed by atoms with E-state index in [2.05, 4.69) is 15.5 Å². The van der Waals surface area contributed by atoms with Gasteiger partial charge < -0.3 is 36.1 Å². The van der Waals surface area contributed by atoms with E-state index in [-0.39, 0.29) is 12.0 Å². The summed E-state index contributed by atoms with van der Waals surface area (Å²) in [6, 6.07) is 3.15. The summed E-state index contributed by atoms with van der Waals surface area (Å²) >= 11 is 6.09. The molecule has 0 radical (unpaired) electrons. The monoisotopic (exact) mass is 526 g/mol. The summed E-state index contributed by atoms with van der Waals surface area (Å²) in [6.07, 6.45) is 3.57. The number of halogens is 1. The lowest BCUT2D eigenvalue weighted by Gasteiger charge is -2.36. The molecular weight excluding hydrogens is 492 g/mol. The topological polar surface area (TPSA) is 163 Å². The quantitative estimate of drug-likeness (QED) is 0.235. The van der Waals surface area contributed by atoms with Crippen LogP contribution in [0.15, 0.2) is 24.3 Å². The maximum Gasteiger partial charge on any atom is 0.328 e. The molecule has 12 heteroatoms. The molecular formula is C24H35ClN4O7. The van der Waals surface area contributed by atoms with Gasteiger partial charge in [0.25, 0.3) is 5.91 Å². The van der Waals surface area contributed by atoms with Crippen molar-refractivity contribution < 1.29 is 34.1 Å². The van der Waals surface area contributed by atoms with Crippen LogP contribution in [0.2, 0.25) is 5.02 Å². The number of hydrogen-bond donors (Lipinski definition) is 5. The lowest BCUT2D eigenvalue weighted by atomic mass is 9.97. The molecule has 1 atom stereocenters. The van der Waals surface area contributed by atoms with Crippen molar-refractivity contribution in [2.45, 2.75) is 25.9 Å². The van der Waals surface area contributed by atoms with Crippen LogP contribution in [0, 0.1) is 5.92 Å². The minimum Gasteiger partial charge on any atom is -0.493 e. The SMILES string of the molecule is CCOc1cc(N)c(Cl)cc1C(=O)NCC1CN(CC2CCNCC2)CCO1.O=C(O)/C=C/C(=O)O. The van der Waals surface area contributed by atoms with Crippen LogP contribution in [0.3, 0.4) is 0 Å². The number of nitrogens with two attached hydrogens (primary N) is 1. The van der Waals surface area contributed by atoms with Gasteiger partial charge in [0.1, 0.15) is 5.75 Å². The Hall–Kier alpha value is -2.86. The number of benzene rings is 1. The summed E-state index contributed by atoms with van der Waals surface area (Å²) in [7, 11) is 0. The van der Waals surface area contributed by atoms with Crippen LogP contribution in [0.4, 0.5) is 5.69 Å². The summed E-state index contributed by atoms with van der Waals surface area (Å²) in [4.78, 5) is 34.2. The number of ether oxygens (including phenoxy) is 2. The van der Waals surface area contributed by atoms with Crippen molar-refractivity contribution in [3.63, 3.8) is 0 Å². The molecule has 2 saturated heterocycles. The third-order valence-corrected chi connectivity index (χ3v) is 6.03. The zero-order valence-corrected chi connectivity index (χ0v) is 21.1. The van der Waals surface area contributed by atoms with Gasteiger partial charge in [-0.15, -0.1) is 0 Å². The lowest BCUT2D eigenvalue weighted by molar-refractivity contribution is -0.134. The zero-order valence-electron chi connectivity index (χ0n) is 20.4. The maximum atomic E-state index is 12.7. The van der Waals surface area contributed by atoms with Gasteiger partial charge in [-0.1, -0.05) is 11.6 Å². The normalized spacial score (nSPS) is 18.8. The summed E-state index contributed by atoms with van der Waals surface area (Å²) in [5, 5.41) is 22.3. The Kier molecular flexibility index (Phi) is 12.5. The zero-order chi connectivity index (χ0) is 26.5. The van der Waals surface area contributed by atoms with Crippen LogP contribution in [-0.4, -0.2) is 91.5 Å². The molecule has 2 heterocycles. The second-order valence-electron chi connectivity index (χ2n) is 8.47. The smallest absolute Gasteiger partial charge is 0.328 e. The number of morpholine rings is 1. The molecule has 0 saturated carbocycles. The van der Waals surface area contributed by atoms with Gasteiger partial charge >= 0.3 is 11.9 Å². The Bertz CT molecular complexity index is 906. The van der Waals surface area contributed by atoms with Gasteiger partial charge in [0.05, 0.1) is 35.6 Å². The average Bonchev–Trinajstić information content (AvgIpc) is 2.85. The van der Waals surface area contributed by atoms with Crippen LogP contribution >= 0.6 is 11.6 Å².